The van der Waals surface area contributed by atoms with Crippen LogP contribution in [-0.4, -0.2) is 36.5 Å². The van der Waals surface area contributed by atoms with E-state index in [1.807, 2.05) is 0 Å². The van der Waals surface area contributed by atoms with Gasteiger partial charge in [-0.1, -0.05) is 0 Å². The van der Waals surface area contributed by atoms with Crippen molar-refractivity contribution in [2.75, 3.05) is 13.7 Å². The van der Waals surface area contributed by atoms with Crippen molar-refractivity contribution in [1.29, 1.82) is 0 Å². The molecule has 0 aromatic carbocycles. The van der Waals surface area contributed by atoms with E-state index in [-0.39, 0.29) is 12.4 Å². The van der Waals surface area contributed by atoms with Crippen molar-refractivity contribution < 1.29 is 19.4 Å². The first kappa shape index (κ1) is 13.4. The number of carbonyl (C=O) groups excluding carboxylic acids is 1. The van der Waals surface area contributed by atoms with Crippen LogP contribution in [0.3, 0.4) is 0 Å². The van der Waals surface area contributed by atoms with E-state index in [1.54, 1.807) is 27.9 Å². The van der Waals surface area contributed by atoms with E-state index in [9.17, 15) is 9.90 Å². The van der Waals surface area contributed by atoms with Gasteiger partial charge in [-0.3, -0.25) is 4.79 Å². The Morgan fingerprint density at radius 1 is 1.43 bits per heavy atom. The summed E-state index contributed by atoms with van der Waals surface area (Å²) in [4.78, 5) is 11.2. The lowest BCUT2D eigenvalue weighted by Crippen LogP contribution is -2.26. The summed E-state index contributed by atoms with van der Waals surface area (Å²) in [6.07, 6.45) is -0.194. The summed E-state index contributed by atoms with van der Waals surface area (Å²) in [6, 6.07) is 0. The van der Waals surface area contributed by atoms with Gasteiger partial charge in [-0.25, -0.2) is 0 Å². The quantitative estimate of drug-likeness (QED) is 0.682. The van der Waals surface area contributed by atoms with Gasteiger partial charge >= 0.3 is 5.97 Å². The molecule has 1 atom stereocenters. The van der Waals surface area contributed by atoms with Crippen LogP contribution in [-0.2, 0) is 14.3 Å². The van der Waals surface area contributed by atoms with Gasteiger partial charge in [0.1, 0.15) is 5.60 Å². The van der Waals surface area contributed by atoms with E-state index in [0.717, 1.165) is 0 Å². The van der Waals surface area contributed by atoms with Gasteiger partial charge in [-0.05, 0) is 27.2 Å². The molecule has 4 heteroatoms. The molecule has 0 saturated carbocycles. The van der Waals surface area contributed by atoms with Crippen molar-refractivity contribution >= 4 is 5.97 Å². The molecular formula is C10H20O4. The molecular weight excluding hydrogens is 184 g/mol. The molecule has 0 aromatic rings. The Kier molecular flexibility index (Phi) is 5.72. The van der Waals surface area contributed by atoms with Crippen LogP contribution < -0.4 is 0 Å². The molecule has 0 aromatic heterocycles. The standard InChI is InChI=1S/C10H20O4/c1-10(2,3)14-9(12)7-8(11)5-6-13-4/h8,11H,5-7H2,1-4H3/t8-/m0/s1. The third kappa shape index (κ3) is 8.01. The fraction of sp³-hybridized carbons (Fsp3) is 0.900. The number of carbonyl (C=O) groups is 1. The van der Waals surface area contributed by atoms with Crippen LogP contribution in [0.4, 0.5) is 0 Å². The van der Waals surface area contributed by atoms with Crippen molar-refractivity contribution in [2.24, 2.45) is 0 Å². The summed E-state index contributed by atoms with van der Waals surface area (Å²) < 4.78 is 9.83. The van der Waals surface area contributed by atoms with E-state index in [1.165, 1.54) is 0 Å². The Morgan fingerprint density at radius 2 is 2.00 bits per heavy atom. The third-order valence-electron chi connectivity index (χ3n) is 1.48. The van der Waals surface area contributed by atoms with Gasteiger partial charge in [0.25, 0.3) is 0 Å². The predicted octanol–water partition coefficient (Wildman–Crippen LogP) is 1.12. The average molecular weight is 204 g/mol. The molecule has 0 aliphatic carbocycles. The number of hydrogen-bond acceptors (Lipinski definition) is 4. The minimum atomic E-state index is -0.676. The fourth-order valence-corrected chi connectivity index (χ4v) is 0.932. The van der Waals surface area contributed by atoms with Gasteiger partial charge in [-0.2, -0.15) is 0 Å². The summed E-state index contributed by atoms with van der Waals surface area (Å²) in [6.45, 7) is 5.84. The highest BCUT2D eigenvalue weighted by molar-refractivity contribution is 5.70. The van der Waals surface area contributed by atoms with Gasteiger partial charge in [-0.15, -0.1) is 0 Å². The van der Waals surface area contributed by atoms with Crippen molar-refractivity contribution in [2.45, 2.75) is 45.3 Å². The summed E-state index contributed by atoms with van der Waals surface area (Å²) >= 11 is 0. The Hall–Kier alpha value is -0.610. The maximum atomic E-state index is 11.2. The molecule has 0 bridgehead atoms. The number of aliphatic hydroxyl groups is 1. The smallest absolute Gasteiger partial charge is 0.308 e. The van der Waals surface area contributed by atoms with Gasteiger partial charge < -0.3 is 14.6 Å². The summed E-state index contributed by atoms with van der Waals surface area (Å²) in [5.41, 5.74) is -0.488. The van der Waals surface area contributed by atoms with Crippen LogP contribution in [0.25, 0.3) is 0 Å². The predicted molar refractivity (Wildman–Crippen MR) is 53.0 cm³/mol. The van der Waals surface area contributed by atoms with E-state index in [4.69, 9.17) is 9.47 Å². The summed E-state index contributed by atoms with van der Waals surface area (Å²) in [5.74, 6) is -0.374. The third-order valence-corrected chi connectivity index (χ3v) is 1.48. The van der Waals surface area contributed by atoms with Crippen LogP contribution in [0.15, 0.2) is 0 Å². The molecule has 4 nitrogen and oxygen atoms in total. The summed E-state index contributed by atoms with van der Waals surface area (Å²) in [5, 5.41) is 9.37. The van der Waals surface area contributed by atoms with Crippen LogP contribution in [0.2, 0.25) is 0 Å². The fourth-order valence-electron chi connectivity index (χ4n) is 0.932. The van der Waals surface area contributed by atoms with Crippen LogP contribution in [0.1, 0.15) is 33.6 Å². The number of esters is 1. The highest BCUT2D eigenvalue weighted by Crippen LogP contribution is 2.10. The molecule has 0 amide bonds. The second-order valence-electron chi connectivity index (χ2n) is 4.23. The van der Waals surface area contributed by atoms with Gasteiger partial charge in [0, 0.05) is 13.7 Å². The number of ether oxygens (including phenoxy) is 2. The molecule has 14 heavy (non-hydrogen) atoms. The molecule has 0 rings (SSSR count). The molecule has 0 aliphatic rings. The van der Waals surface area contributed by atoms with Crippen LogP contribution >= 0.6 is 0 Å². The van der Waals surface area contributed by atoms with E-state index >= 15 is 0 Å². The maximum Gasteiger partial charge on any atom is 0.308 e. The number of hydrogen-bond donors (Lipinski definition) is 1. The first-order chi connectivity index (χ1) is 6.35. The number of rotatable bonds is 5. The monoisotopic (exact) mass is 204 g/mol. The second-order valence-corrected chi connectivity index (χ2v) is 4.23. The van der Waals surface area contributed by atoms with Crippen molar-refractivity contribution in [3.8, 4) is 0 Å². The molecule has 0 radical (unpaired) electrons. The molecule has 0 spiro atoms. The zero-order chi connectivity index (χ0) is 11.2. The topological polar surface area (TPSA) is 55.8 Å². The molecule has 0 unspecified atom stereocenters. The molecule has 1 N–H and O–H groups in total. The zero-order valence-electron chi connectivity index (χ0n) is 9.37. The molecule has 84 valence electrons. The number of aliphatic hydroxyl groups excluding tert-OH is 1. The van der Waals surface area contributed by atoms with Crippen molar-refractivity contribution in [3.05, 3.63) is 0 Å². The van der Waals surface area contributed by atoms with E-state index in [0.29, 0.717) is 13.0 Å². The lowest BCUT2D eigenvalue weighted by molar-refractivity contribution is -0.157. The zero-order valence-corrected chi connectivity index (χ0v) is 9.37. The largest absolute Gasteiger partial charge is 0.460 e. The molecule has 0 heterocycles. The highest BCUT2D eigenvalue weighted by atomic mass is 16.6. The van der Waals surface area contributed by atoms with E-state index < -0.39 is 11.7 Å². The second kappa shape index (κ2) is 5.98. The van der Waals surface area contributed by atoms with E-state index in [2.05, 4.69) is 0 Å². The number of methoxy groups -OCH3 is 1. The van der Waals surface area contributed by atoms with Crippen LogP contribution in [0.5, 0.6) is 0 Å². The SMILES string of the molecule is COCC[C@H](O)CC(=O)OC(C)(C)C. The Labute approximate surface area is 85.2 Å². The van der Waals surface area contributed by atoms with Crippen molar-refractivity contribution in [1.82, 2.24) is 0 Å². The van der Waals surface area contributed by atoms with Crippen LogP contribution in [0, 0.1) is 0 Å². The average Bonchev–Trinajstić information content (AvgIpc) is 1.96. The Morgan fingerprint density at radius 3 is 2.43 bits per heavy atom. The minimum Gasteiger partial charge on any atom is -0.460 e. The first-order valence-corrected chi connectivity index (χ1v) is 4.74. The first-order valence-electron chi connectivity index (χ1n) is 4.74. The molecule has 0 fully saturated rings. The lowest BCUT2D eigenvalue weighted by Gasteiger charge is -2.20. The van der Waals surface area contributed by atoms with Gasteiger partial charge in [0.2, 0.25) is 0 Å². The Bertz CT molecular complexity index is 171. The normalized spacial score (nSPS) is 13.8. The highest BCUT2D eigenvalue weighted by Gasteiger charge is 2.18. The molecule has 0 saturated heterocycles. The maximum absolute atomic E-state index is 11.2. The lowest BCUT2D eigenvalue weighted by atomic mass is 10.1. The van der Waals surface area contributed by atoms with Gasteiger partial charge in [0.05, 0.1) is 12.5 Å². The Balaban J connectivity index is 3.71. The van der Waals surface area contributed by atoms with Gasteiger partial charge in [0.15, 0.2) is 0 Å². The molecule has 0 aliphatic heterocycles. The van der Waals surface area contributed by atoms with Crippen molar-refractivity contribution in [3.63, 3.8) is 0 Å². The minimum absolute atomic E-state index is 0.0284. The summed E-state index contributed by atoms with van der Waals surface area (Å²) in [7, 11) is 1.56.